The van der Waals surface area contributed by atoms with E-state index in [4.69, 9.17) is 9.47 Å². The zero-order valence-electron chi connectivity index (χ0n) is 13.5. The van der Waals surface area contributed by atoms with Gasteiger partial charge in [-0.25, -0.2) is 0 Å². The van der Waals surface area contributed by atoms with Gasteiger partial charge in [-0.3, -0.25) is 9.69 Å². The fraction of sp³-hybridized carbons (Fsp3) is 0.316. The van der Waals surface area contributed by atoms with Crippen LogP contribution in [0.25, 0.3) is 0 Å². The lowest BCUT2D eigenvalue weighted by atomic mass is 10.1. The molecule has 0 bridgehead atoms. The molecule has 2 aromatic carbocycles. The molecule has 3 rings (SSSR count). The quantitative estimate of drug-likeness (QED) is 0.767. The number of hydrogen-bond acceptors (Lipinski definition) is 4. The number of carbonyl (C=O) groups is 1. The Morgan fingerprint density at radius 3 is 2.26 bits per heavy atom. The van der Waals surface area contributed by atoms with Gasteiger partial charge in [-0.15, -0.1) is 0 Å². The Labute approximate surface area is 136 Å². The molecule has 4 heteroatoms. The molecule has 0 radical (unpaired) electrons. The summed E-state index contributed by atoms with van der Waals surface area (Å²) in [6, 6.07) is 13.8. The van der Waals surface area contributed by atoms with Crippen molar-refractivity contribution in [2.24, 2.45) is 0 Å². The number of methoxy groups -OCH3 is 2. The fourth-order valence-corrected chi connectivity index (χ4v) is 2.98. The lowest BCUT2D eigenvalue weighted by Crippen LogP contribution is -2.20. The summed E-state index contributed by atoms with van der Waals surface area (Å²) in [6.45, 7) is 2.62. The maximum Gasteiger partial charge on any atom is 0.164 e. The summed E-state index contributed by atoms with van der Waals surface area (Å²) < 4.78 is 10.5. The molecule has 0 atom stereocenters. The standard InChI is InChI=1S/C19H21NO3/c1-22-18-8-7-14(11-19(18)23-2)17(21)9-10-20-12-15-5-3-4-6-16(15)13-20/h3-8,11H,9-10,12-13H2,1-2H3. The summed E-state index contributed by atoms with van der Waals surface area (Å²) in [5.74, 6) is 1.35. The maximum atomic E-state index is 12.4. The van der Waals surface area contributed by atoms with Crippen molar-refractivity contribution in [3.05, 3.63) is 59.2 Å². The average molecular weight is 311 g/mol. The molecule has 1 aliphatic heterocycles. The molecular weight excluding hydrogens is 290 g/mol. The number of ether oxygens (including phenoxy) is 2. The minimum Gasteiger partial charge on any atom is -0.493 e. The van der Waals surface area contributed by atoms with Gasteiger partial charge in [0.1, 0.15) is 0 Å². The van der Waals surface area contributed by atoms with Crippen LogP contribution in [-0.2, 0) is 13.1 Å². The minimum absolute atomic E-state index is 0.127. The van der Waals surface area contributed by atoms with Gasteiger partial charge in [0.05, 0.1) is 14.2 Å². The van der Waals surface area contributed by atoms with Gasteiger partial charge < -0.3 is 9.47 Å². The van der Waals surface area contributed by atoms with Gasteiger partial charge in [0.15, 0.2) is 17.3 Å². The van der Waals surface area contributed by atoms with Crippen LogP contribution < -0.4 is 9.47 Å². The van der Waals surface area contributed by atoms with E-state index in [1.165, 1.54) is 11.1 Å². The van der Waals surface area contributed by atoms with Crippen molar-refractivity contribution in [1.29, 1.82) is 0 Å². The Morgan fingerprint density at radius 2 is 1.65 bits per heavy atom. The largest absolute Gasteiger partial charge is 0.493 e. The number of rotatable bonds is 6. The second-order valence-electron chi connectivity index (χ2n) is 5.72. The van der Waals surface area contributed by atoms with Crippen LogP contribution in [0.1, 0.15) is 27.9 Å². The number of benzene rings is 2. The van der Waals surface area contributed by atoms with Crippen molar-refractivity contribution >= 4 is 5.78 Å². The average Bonchev–Trinajstić information content (AvgIpc) is 3.01. The number of fused-ring (bicyclic) bond motifs is 1. The molecule has 0 fully saturated rings. The summed E-state index contributed by atoms with van der Waals surface area (Å²) in [4.78, 5) is 14.7. The summed E-state index contributed by atoms with van der Waals surface area (Å²) in [6.07, 6.45) is 0.503. The van der Waals surface area contributed by atoms with E-state index < -0.39 is 0 Å². The van der Waals surface area contributed by atoms with Crippen LogP contribution in [0.4, 0.5) is 0 Å². The van der Waals surface area contributed by atoms with Crippen molar-refractivity contribution < 1.29 is 14.3 Å². The second-order valence-corrected chi connectivity index (χ2v) is 5.72. The zero-order chi connectivity index (χ0) is 16.2. The highest BCUT2D eigenvalue weighted by molar-refractivity contribution is 5.96. The molecule has 0 spiro atoms. The molecule has 0 saturated heterocycles. The molecule has 1 heterocycles. The number of nitrogens with zero attached hydrogens (tertiary/aromatic N) is 1. The van der Waals surface area contributed by atoms with Gasteiger partial charge in [-0.05, 0) is 29.3 Å². The summed E-state index contributed by atoms with van der Waals surface area (Å²) >= 11 is 0. The molecule has 0 aromatic heterocycles. The third-order valence-electron chi connectivity index (χ3n) is 4.27. The van der Waals surface area contributed by atoms with Crippen LogP contribution >= 0.6 is 0 Å². The first-order chi connectivity index (χ1) is 11.2. The first kappa shape index (κ1) is 15.6. The number of carbonyl (C=O) groups excluding carboxylic acids is 1. The van der Waals surface area contributed by atoms with Crippen LogP contribution in [0.15, 0.2) is 42.5 Å². The SMILES string of the molecule is COc1ccc(C(=O)CCN2Cc3ccccc3C2)cc1OC. The van der Waals surface area contributed by atoms with Crippen molar-refractivity contribution in [3.63, 3.8) is 0 Å². The van der Waals surface area contributed by atoms with Crippen molar-refractivity contribution in [1.82, 2.24) is 4.90 Å². The molecule has 0 aliphatic carbocycles. The molecule has 0 saturated carbocycles. The first-order valence-electron chi connectivity index (χ1n) is 7.75. The molecule has 120 valence electrons. The Hall–Kier alpha value is -2.33. The molecule has 1 aliphatic rings. The molecular formula is C19H21NO3. The Balaban J connectivity index is 1.60. The van der Waals surface area contributed by atoms with Crippen molar-refractivity contribution in [3.8, 4) is 11.5 Å². The lowest BCUT2D eigenvalue weighted by Gasteiger charge is -2.14. The van der Waals surface area contributed by atoms with E-state index in [9.17, 15) is 4.79 Å². The van der Waals surface area contributed by atoms with Crippen LogP contribution in [0.5, 0.6) is 11.5 Å². The van der Waals surface area contributed by atoms with E-state index in [-0.39, 0.29) is 5.78 Å². The molecule has 2 aromatic rings. The van der Waals surface area contributed by atoms with Gasteiger partial charge >= 0.3 is 0 Å². The first-order valence-corrected chi connectivity index (χ1v) is 7.75. The summed E-state index contributed by atoms with van der Waals surface area (Å²) in [5, 5.41) is 0. The molecule has 4 nitrogen and oxygen atoms in total. The van der Waals surface area contributed by atoms with Crippen LogP contribution in [0.2, 0.25) is 0 Å². The Kier molecular flexibility index (Phi) is 4.63. The molecule has 23 heavy (non-hydrogen) atoms. The minimum atomic E-state index is 0.127. The number of ketones is 1. The topological polar surface area (TPSA) is 38.8 Å². The second kappa shape index (κ2) is 6.84. The van der Waals surface area contributed by atoms with Gasteiger partial charge in [0.25, 0.3) is 0 Å². The highest BCUT2D eigenvalue weighted by atomic mass is 16.5. The maximum absolute atomic E-state index is 12.4. The van der Waals surface area contributed by atoms with Crippen LogP contribution in [0.3, 0.4) is 0 Å². The van der Waals surface area contributed by atoms with E-state index in [2.05, 4.69) is 29.2 Å². The normalized spacial score (nSPS) is 13.7. The summed E-state index contributed by atoms with van der Waals surface area (Å²) in [5.41, 5.74) is 3.40. The third kappa shape index (κ3) is 3.37. The number of hydrogen-bond donors (Lipinski definition) is 0. The third-order valence-corrected chi connectivity index (χ3v) is 4.27. The fourth-order valence-electron chi connectivity index (χ4n) is 2.98. The van der Waals surface area contributed by atoms with Gasteiger partial charge in [0.2, 0.25) is 0 Å². The van der Waals surface area contributed by atoms with E-state index in [1.807, 2.05) is 0 Å². The molecule has 0 unspecified atom stereocenters. The predicted molar refractivity (Wildman–Crippen MR) is 89.0 cm³/mol. The van der Waals surface area contributed by atoms with E-state index >= 15 is 0 Å². The summed E-state index contributed by atoms with van der Waals surface area (Å²) in [7, 11) is 3.16. The molecule has 0 N–H and O–H groups in total. The van der Waals surface area contributed by atoms with Crippen LogP contribution in [0, 0.1) is 0 Å². The van der Waals surface area contributed by atoms with Gasteiger partial charge in [-0.1, -0.05) is 24.3 Å². The van der Waals surface area contributed by atoms with Gasteiger partial charge in [-0.2, -0.15) is 0 Å². The molecule has 0 amide bonds. The Bertz CT molecular complexity index is 687. The van der Waals surface area contributed by atoms with E-state index in [0.29, 0.717) is 23.5 Å². The zero-order valence-corrected chi connectivity index (χ0v) is 13.5. The van der Waals surface area contributed by atoms with Gasteiger partial charge in [0, 0.05) is 31.6 Å². The highest BCUT2D eigenvalue weighted by Gasteiger charge is 2.19. The monoisotopic (exact) mass is 311 g/mol. The number of Topliss-reactive ketones (excluding diaryl/α,β-unsaturated/α-hetero) is 1. The Morgan fingerprint density at radius 1 is 1.00 bits per heavy atom. The predicted octanol–water partition coefficient (Wildman–Crippen LogP) is 3.29. The highest BCUT2D eigenvalue weighted by Crippen LogP contribution is 2.28. The smallest absolute Gasteiger partial charge is 0.164 e. The van der Waals surface area contributed by atoms with Crippen LogP contribution in [-0.4, -0.2) is 31.4 Å². The van der Waals surface area contributed by atoms with Crippen molar-refractivity contribution in [2.75, 3.05) is 20.8 Å². The lowest BCUT2D eigenvalue weighted by molar-refractivity contribution is 0.0963. The van der Waals surface area contributed by atoms with E-state index in [0.717, 1.165) is 19.6 Å². The van der Waals surface area contributed by atoms with Crippen molar-refractivity contribution in [2.45, 2.75) is 19.5 Å². The van der Waals surface area contributed by atoms with E-state index in [1.54, 1.807) is 32.4 Å².